The quantitative estimate of drug-likeness (QED) is 0.399. The normalized spacial score (nSPS) is 12.9. The molecule has 4 aromatic rings. The molecule has 2 aromatic heterocycles. The van der Waals surface area contributed by atoms with Crippen LogP contribution in [0.2, 0.25) is 5.02 Å². The highest BCUT2D eigenvalue weighted by atomic mass is 35.5. The lowest BCUT2D eigenvalue weighted by molar-refractivity contribution is 0.0924. The van der Waals surface area contributed by atoms with E-state index in [1.807, 2.05) is 17.5 Å². The van der Waals surface area contributed by atoms with Gasteiger partial charge in [-0.1, -0.05) is 29.8 Å². The van der Waals surface area contributed by atoms with Gasteiger partial charge in [-0.3, -0.25) is 14.4 Å². The van der Waals surface area contributed by atoms with Gasteiger partial charge in [-0.2, -0.15) is 0 Å². The van der Waals surface area contributed by atoms with Crippen LogP contribution in [0.3, 0.4) is 0 Å². The third-order valence-electron chi connectivity index (χ3n) is 4.71. The van der Waals surface area contributed by atoms with E-state index in [1.54, 1.807) is 47.0 Å². The summed E-state index contributed by atoms with van der Waals surface area (Å²) >= 11 is 9.32. The molecular formula is C22H12ClN3O3S2. The van der Waals surface area contributed by atoms with Gasteiger partial charge in [0.15, 0.2) is 0 Å². The van der Waals surface area contributed by atoms with Crippen LogP contribution >= 0.6 is 34.3 Å². The van der Waals surface area contributed by atoms with E-state index in [9.17, 15) is 14.4 Å². The number of thiazole rings is 1. The van der Waals surface area contributed by atoms with Gasteiger partial charge >= 0.3 is 0 Å². The molecule has 1 aliphatic rings. The van der Waals surface area contributed by atoms with Gasteiger partial charge in [-0.05, 0) is 41.8 Å². The fraction of sp³-hybridized carbons (Fsp3) is 0. The molecule has 152 valence electrons. The summed E-state index contributed by atoms with van der Waals surface area (Å²) in [6.07, 6.45) is 0. The van der Waals surface area contributed by atoms with E-state index < -0.39 is 11.8 Å². The first-order valence-electron chi connectivity index (χ1n) is 9.11. The Morgan fingerprint density at radius 3 is 2.35 bits per heavy atom. The third kappa shape index (κ3) is 3.44. The Hall–Kier alpha value is -3.33. The summed E-state index contributed by atoms with van der Waals surface area (Å²) in [4.78, 5) is 44.4. The first-order valence-corrected chi connectivity index (χ1v) is 11.2. The number of hydrogen-bond donors (Lipinski definition) is 1. The van der Waals surface area contributed by atoms with Gasteiger partial charge in [0.2, 0.25) is 0 Å². The Morgan fingerprint density at radius 1 is 0.968 bits per heavy atom. The van der Waals surface area contributed by atoms with Gasteiger partial charge in [-0.15, -0.1) is 22.7 Å². The zero-order valence-corrected chi connectivity index (χ0v) is 18.1. The molecule has 0 unspecified atom stereocenters. The van der Waals surface area contributed by atoms with Crippen molar-refractivity contribution in [3.05, 3.63) is 87.2 Å². The zero-order valence-electron chi connectivity index (χ0n) is 15.7. The number of carbonyl (C=O) groups excluding carboxylic acids is 3. The summed E-state index contributed by atoms with van der Waals surface area (Å²) in [7, 11) is 0. The van der Waals surface area contributed by atoms with E-state index in [1.165, 1.54) is 23.5 Å². The summed E-state index contributed by atoms with van der Waals surface area (Å²) in [5, 5.41) is 7.35. The zero-order chi connectivity index (χ0) is 21.5. The summed E-state index contributed by atoms with van der Waals surface area (Å²) in [5.41, 5.74) is 1.67. The second kappa shape index (κ2) is 7.73. The first kappa shape index (κ1) is 19.6. The van der Waals surface area contributed by atoms with Gasteiger partial charge in [0.1, 0.15) is 10.7 Å². The van der Waals surface area contributed by atoms with E-state index in [0.29, 0.717) is 22.5 Å². The van der Waals surface area contributed by atoms with Crippen molar-refractivity contribution in [3.63, 3.8) is 0 Å². The van der Waals surface area contributed by atoms with Crippen molar-refractivity contribution in [2.24, 2.45) is 0 Å². The maximum Gasteiger partial charge on any atom is 0.275 e. The number of nitrogens with zero attached hydrogens (tertiary/aromatic N) is 2. The number of benzene rings is 2. The molecule has 9 heteroatoms. The molecule has 0 atom stereocenters. The van der Waals surface area contributed by atoms with Crippen LogP contribution in [0.4, 0.5) is 11.4 Å². The fourth-order valence-corrected chi connectivity index (χ4v) is 5.14. The average molecular weight is 466 g/mol. The number of hydrogen-bond acceptors (Lipinski definition) is 6. The Kier molecular flexibility index (Phi) is 4.90. The molecule has 3 amide bonds. The molecule has 0 spiro atoms. The van der Waals surface area contributed by atoms with Crippen LogP contribution in [0.5, 0.6) is 0 Å². The molecule has 0 saturated heterocycles. The molecule has 0 aliphatic carbocycles. The van der Waals surface area contributed by atoms with Crippen molar-refractivity contribution in [2.75, 3.05) is 10.2 Å². The van der Waals surface area contributed by atoms with Gasteiger partial charge in [-0.25, -0.2) is 9.88 Å². The van der Waals surface area contributed by atoms with E-state index in [4.69, 9.17) is 11.6 Å². The molecule has 0 fully saturated rings. The lowest BCUT2D eigenvalue weighted by Crippen LogP contribution is -2.29. The number of anilines is 2. The lowest BCUT2D eigenvalue weighted by Gasteiger charge is -2.16. The summed E-state index contributed by atoms with van der Waals surface area (Å²) < 4.78 is 0. The number of fused-ring (bicyclic) bond motifs is 1. The van der Waals surface area contributed by atoms with E-state index in [-0.39, 0.29) is 16.6 Å². The van der Waals surface area contributed by atoms with E-state index in [2.05, 4.69) is 10.3 Å². The predicted molar refractivity (Wildman–Crippen MR) is 122 cm³/mol. The van der Waals surface area contributed by atoms with Crippen molar-refractivity contribution < 1.29 is 14.4 Å². The smallest absolute Gasteiger partial charge is 0.275 e. The SMILES string of the molecule is O=C(Nc1ccc(N2C(=O)c3ccccc3C2=O)c(Cl)c1)c1csc(-c2cccs2)n1. The van der Waals surface area contributed by atoms with Crippen LogP contribution in [0.25, 0.3) is 9.88 Å². The number of nitrogens with one attached hydrogen (secondary N) is 1. The predicted octanol–water partition coefficient (Wildman–Crippen LogP) is 5.58. The molecule has 5 rings (SSSR count). The number of thiophene rings is 1. The highest BCUT2D eigenvalue weighted by molar-refractivity contribution is 7.20. The number of rotatable bonds is 4. The molecule has 0 saturated carbocycles. The van der Waals surface area contributed by atoms with Crippen LogP contribution < -0.4 is 10.2 Å². The van der Waals surface area contributed by atoms with Crippen molar-refractivity contribution in [2.45, 2.75) is 0 Å². The van der Waals surface area contributed by atoms with Crippen LogP contribution in [-0.4, -0.2) is 22.7 Å². The van der Waals surface area contributed by atoms with Gasteiger partial charge in [0.05, 0.1) is 26.7 Å². The lowest BCUT2D eigenvalue weighted by atomic mass is 10.1. The second-order valence-electron chi connectivity index (χ2n) is 6.63. The van der Waals surface area contributed by atoms with Crippen LogP contribution in [-0.2, 0) is 0 Å². The topological polar surface area (TPSA) is 79.4 Å². The minimum atomic E-state index is -0.428. The maximum absolute atomic E-state index is 12.7. The molecule has 2 aromatic carbocycles. The standard InChI is InChI=1S/C22H12ClN3O3S2/c23-15-10-12(24-19(27)16-11-31-20(25-16)18-6-3-9-30-18)7-8-17(15)26-21(28)13-4-1-2-5-14(13)22(26)29/h1-11H,(H,24,27). The van der Waals surface area contributed by atoms with Gasteiger partial charge in [0, 0.05) is 11.1 Å². The van der Waals surface area contributed by atoms with Crippen LogP contribution in [0.1, 0.15) is 31.2 Å². The molecular weight excluding hydrogens is 454 g/mol. The number of amides is 3. The number of imide groups is 1. The molecule has 31 heavy (non-hydrogen) atoms. The van der Waals surface area contributed by atoms with Crippen molar-refractivity contribution in [3.8, 4) is 9.88 Å². The summed E-state index contributed by atoms with van der Waals surface area (Å²) in [6.45, 7) is 0. The molecule has 1 aliphatic heterocycles. The number of halogens is 1. The van der Waals surface area contributed by atoms with Crippen LogP contribution in [0, 0.1) is 0 Å². The molecule has 3 heterocycles. The van der Waals surface area contributed by atoms with Crippen molar-refractivity contribution in [1.82, 2.24) is 4.98 Å². The van der Waals surface area contributed by atoms with Crippen molar-refractivity contribution in [1.29, 1.82) is 0 Å². The number of carbonyl (C=O) groups is 3. The Labute approximate surface area is 189 Å². The van der Waals surface area contributed by atoms with E-state index >= 15 is 0 Å². The maximum atomic E-state index is 12.7. The van der Waals surface area contributed by atoms with Gasteiger partial charge in [0.25, 0.3) is 17.7 Å². The van der Waals surface area contributed by atoms with Gasteiger partial charge < -0.3 is 5.32 Å². The summed E-state index contributed by atoms with van der Waals surface area (Å²) in [5.74, 6) is -1.23. The highest BCUT2D eigenvalue weighted by Gasteiger charge is 2.37. The highest BCUT2D eigenvalue weighted by Crippen LogP contribution is 2.35. The Balaban J connectivity index is 1.36. The molecule has 6 nitrogen and oxygen atoms in total. The minimum Gasteiger partial charge on any atom is -0.321 e. The Morgan fingerprint density at radius 2 is 1.71 bits per heavy atom. The monoisotopic (exact) mass is 465 g/mol. The molecule has 0 bridgehead atoms. The summed E-state index contributed by atoms with van der Waals surface area (Å²) in [6, 6.07) is 15.1. The van der Waals surface area contributed by atoms with E-state index in [0.717, 1.165) is 14.8 Å². The largest absolute Gasteiger partial charge is 0.321 e. The first-order chi connectivity index (χ1) is 15.0. The number of aromatic nitrogens is 1. The van der Waals surface area contributed by atoms with Crippen LogP contribution in [0.15, 0.2) is 65.4 Å². The molecule has 0 radical (unpaired) electrons. The average Bonchev–Trinajstić information content (AvgIpc) is 3.50. The fourth-order valence-electron chi connectivity index (χ4n) is 3.26. The second-order valence-corrected chi connectivity index (χ2v) is 8.84. The Bertz CT molecular complexity index is 1310. The molecule has 1 N–H and O–H groups in total. The third-order valence-corrected chi connectivity index (χ3v) is 6.89. The van der Waals surface area contributed by atoms with Crippen molar-refractivity contribution >= 4 is 63.4 Å². The minimum absolute atomic E-state index is 0.171.